The molecule has 0 atom stereocenters. The lowest BCUT2D eigenvalue weighted by Crippen LogP contribution is -2.50. The number of ketones is 1. The number of aromatic amines is 1. The van der Waals surface area contributed by atoms with E-state index < -0.39 is 38.7 Å². The topological polar surface area (TPSA) is 141 Å². The van der Waals surface area contributed by atoms with Crippen LogP contribution in [-0.4, -0.2) is 89.8 Å². The number of halogens is 2. The van der Waals surface area contributed by atoms with Crippen LogP contribution >= 0.6 is 11.6 Å². The zero-order chi connectivity index (χ0) is 33.4. The Labute approximate surface area is 271 Å². The van der Waals surface area contributed by atoms with Gasteiger partial charge in [0.05, 0.1) is 16.3 Å². The van der Waals surface area contributed by atoms with E-state index in [0.29, 0.717) is 42.8 Å². The second kappa shape index (κ2) is 12.9. The summed E-state index contributed by atoms with van der Waals surface area (Å²) in [5.41, 5.74) is 0.506. The van der Waals surface area contributed by atoms with Crippen molar-refractivity contribution in [1.82, 2.24) is 24.2 Å². The molecule has 1 aliphatic rings. The van der Waals surface area contributed by atoms with Gasteiger partial charge in [0.2, 0.25) is 0 Å². The van der Waals surface area contributed by atoms with Crippen LogP contribution in [0.1, 0.15) is 43.6 Å². The van der Waals surface area contributed by atoms with Gasteiger partial charge in [0.25, 0.3) is 0 Å². The molecule has 0 aliphatic carbocycles. The molecule has 244 valence electrons. The summed E-state index contributed by atoms with van der Waals surface area (Å²) in [6, 6.07) is 7.95. The van der Waals surface area contributed by atoms with Crippen molar-refractivity contribution in [3.63, 3.8) is 0 Å². The predicted octanol–water partition coefficient (Wildman–Crippen LogP) is 5.31. The summed E-state index contributed by atoms with van der Waals surface area (Å²) in [6.45, 7) is 9.54. The lowest BCUT2D eigenvalue weighted by Gasteiger charge is -2.36. The first kappa shape index (κ1) is 33.1. The zero-order valence-electron chi connectivity index (χ0n) is 26.1. The van der Waals surface area contributed by atoms with Crippen molar-refractivity contribution in [2.75, 3.05) is 49.4 Å². The SMILES string of the molecule is CCN(C)S(=O)(=O)Nc1ccc(Cl)c(C(=O)c2c[nH]c3ncc(-c4ccc(N5CCN(C(=O)OC(C)(C)C)CC5)nc4)cc23)c1F. The smallest absolute Gasteiger partial charge is 0.410 e. The van der Waals surface area contributed by atoms with Gasteiger partial charge in [-0.3, -0.25) is 9.52 Å². The van der Waals surface area contributed by atoms with Gasteiger partial charge in [0.15, 0.2) is 11.6 Å². The Kier molecular flexibility index (Phi) is 9.25. The Balaban J connectivity index is 1.36. The van der Waals surface area contributed by atoms with E-state index in [4.69, 9.17) is 16.3 Å². The standard InChI is InChI=1S/C31H35ClFN7O5S/c1-6-38(5)46(43,44)37-24-9-8-23(32)26(27(24)33)28(41)22-18-36-29-21(22)15-20(17-35-29)19-7-10-25(34-16-19)39-11-13-40(14-12-39)30(42)45-31(2,3)4/h7-10,15-18,37H,6,11-14H2,1-5H3,(H,35,36). The maximum atomic E-state index is 15.6. The van der Waals surface area contributed by atoms with Crippen molar-refractivity contribution in [1.29, 1.82) is 0 Å². The van der Waals surface area contributed by atoms with Gasteiger partial charge >= 0.3 is 16.3 Å². The Morgan fingerprint density at radius 1 is 1.09 bits per heavy atom. The monoisotopic (exact) mass is 671 g/mol. The molecule has 0 saturated carbocycles. The average molecular weight is 672 g/mol. The third-order valence-electron chi connectivity index (χ3n) is 7.53. The van der Waals surface area contributed by atoms with E-state index in [1.54, 1.807) is 30.3 Å². The molecule has 15 heteroatoms. The number of carbonyl (C=O) groups is 2. The third kappa shape index (κ3) is 6.93. The number of nitrogens with zero attached hydrogens (tertiary/aromatic N) is 5. The van der Waals surface area contributed by atoms with E-state index in [-0.39, 0.29) is 23.2 Å². The van der Waals surface area contributed by atoms with Gasteiger partial charge < -0.3 is 19.5 Å². The van der Waals surface area contributed by atoms with Crippen molar-refractivity contribution < 1.29 is 27.1 Å². The number of amides is 1. The minimum absolute atomic E-state index is 0.114. The van der Waals surface area contributed by atoms with E-state index >= 15 is 4.39 Å². The summed E-state index contributed by atoms with van der Waals surface area (Å²) < 4.78 is 49.3. The fourth-order valence-corrected chi connectivity index (χ4v) is 6.06. The van der Waals surface area contributed by atoms with E-state index in [0.717, 1.165) is 15.7 Å². The molecule has 0 unspecified atom stereocenters. The van der Waals surface area contributed by atoms with Gasteiger partial charge in [-0.1, -0.05) is 18.5 Å². The molecule has 4 heterocycles. The van der Waals surface area contributed by atoms with Gasteiger partial charge in [-0.25, -0.2) is 19.2 Å². The maximum absolute atomic E-state index is 15.6. The highest BCUT2D eigenvalue weighted by Crippen LogP contribution is 2.32. The molecular formula is C31H35ClFN7O5S. The summed E-state index contributed by atoms with van der Waals surface area (Å²) in [6.07, 6.45) is 4.42. The second-order valence-corrected chi connectivity index (χ2v) is 14.0. The van der Waals surface area contributed by atoms with Crippen LogP contribution in [0.15, 0.2) is 48.9 Å². The summed E-state index contributed by atoms with van der Waals surface area (Å²) in [5, 5.41) is 0.261. The number of pyridine rings is 2. The lowest BCUT2D eigenvalue weighted by atomic mass is 10.0. The molecule has 1 saturated heterocycles. The molecule has 0 spiro atoms. The predicted molar refractivity (Wildman–Crippen MR) is 175 cm³/mol. The van der Waals surface area contributed by atoms with Crippen LogP contribution in [0.3, 0.4) is 0 Å². The number of rotatable bonds is 8. The molecule has 3 aromatic heterocycles. The van der Waals surface area contributed by atoms with E-state index in [9.17, 15) is 18.0 Å². The molecular weight excluding hydrogens is 637 g/mol. The summed E-state index contributed by atoms with van der Waals surface area (Å²) >= 11 is 6.27. The third-order valence-corrected chi connectivity index (χ3v) is 9.40. The van der Waals surface area contributed by atoms with Crippen molar-refractivity contribution in [3.8, 4) is 11.1 Å². The number of anilines is 2. The van der Waals surface area contributed by atoms with Crippen LogP contribution in [0.25, 0.3) is 22.2 Å². The number of piperazine rings is 1. The van der Waals surface area contributed by atoms with E-state index in [2.05, 4.69) is 24.6 Å². The Morgan fingerprint density at radius 2 is 1.78 bits per heavy atom. The fraction of sp³-hybridized carbons (Fsp3) is 0.355. The summed E-state index contributed by atoms with van der Waals surface area (Å²) in [5.74, 6) is -1.07. The minimum atomic E-state index is -4.05. The van der Waals surface area contributed by atoms with Crippen molar-refractivity contribution in [3.05, 3.63) is 70.9 Å². The Morgan fingerprint density at radius 3 is 2.41 bits per heavy atom. The number of aromatic nitrogens is 3. The van der Waals surface area contributed by atoms with Crippen LogP contribution in [0, 0.1) is 5.82 Å². The highest BCUT2D eigenvalue weighted by Gasteiger charge is 2.28. The van der Waals surface area contributed by atoms with Gasteiger partial charge in [0.1, 0.15) is 17.1 Å². The van der Waals surface area contributed by atoms with Crippen molar-refractivity contribution in [2.24, 2.45) is 0 Å². The average Bonchev–Trinajstić information content (AvgIpc) is 3.45. The quantitative estimate of drug-likeness (QED) is 0.240. The number of H-pyrrole nitrogens is 1. The molecule has 0 radical (unpaired) electrons. The first-order valence-electron chi connectivity index (χ1n) is 14.6. The first-order valence-corrected chi connectivity index (χ1v) is 16.4. The highest BCUT2D eigenvalue weighted by atomic mass is 35.5. The number of benzene rings is 1. The number of carbonyl (C=O) groups excluding carboxylic acids is 2. The summed E-state index contributed by atoms with van der Waals surface area (Å²) in [7, 11) is -2.70. The van der Waals surface area contributed by atoms with Crippen LogP contribution in [0.2, 0.25) is 5.02 Å². The van der Waals surface area contributed by atoms with Gasteiger partial charge in [-0.15, -0.1) is 0 Å². The lowest BCUT2D eigenvalue weighted by molar-refractivity contribution is 0.0240. The molecule has 2 N–H and O–H groups in total. The van der Waals surface area contributed by atoms with Crippen LogP contribution in [0.5, 0.6) is 0 Å². The zero-order valence-corrected chi connectivity index (χ0v) is 27.7. The van der Waals surface area contributed by atoms with Gasteiger partial charge in [-0.2, -0.15) is 12.7 Å². The number of ether oxygens (including phenoxy) is 1. The molecule has 46 heavy (non-hydrogen) atoms. The number of hydrogen-bond acceptors (Lipinski definition) is 8. The van der Waals surface area contributed by atoms with E-state index in [1.807, 2.05) is 32.9 Å². The molecule has 1 aromatic carbocycles. The first-order chi connectivity index (χ1) is 21.7. The fourth-order valence-electron chi connectivity index (χ4n) is 4.90. The van der Waals surface area contributed by atoms with Gasteiger partial charge in [-0.05, 0) is 51.1 Å². The molecule has 5 rings (SSSR count). The minimum Gasteiger partial charge on any atom is -0.444 e. The molecule has 1 fully saturated rings. The number of hydrogen-bond donors (Lipinski definition) is 2. The number of fused-ring (bicyclic) bond motifs is 1. The largest absolute Gasteiger partial charge is 0.444 e. The maximum Gasteiger partial charge on any atom is 0.410 e. The molecule has 12 nitrogen and oxygen atoms in total. The highest BCUT2D eigenvalue weighted by molar-refractivity contribution is 7.90. The molecule has 1 amide bonds. The molecule has 0 bridgehead atoms. The summed E-state index contributed by atoms with van der Waals surface area (Å²) in [4.78, 5) is 41.8. The second-order valence-electron chi connectivity index (χ2n) is 11.8. The van der Waals surface area contributed by atoms with Gasteiger partial charge in [0, 0.05) is 80.4 Å². The molecule has 4 aromatic rings. The normalized spacial score (nSPS) is 14.2. The van der Waals surface area contributed by atoms with E-state index in [1.165, 1.54) is 25.4 Å². The van der Waals surface area contributed by atoms with Crippen LogP contribution in [0.4, 0.5) is 20.7 Å². The molecule has 1 aliphatic heterocycles. The van der Waals surface area contributed by atoms with Crippen LogP contribution < -0.4 is 9.62 Å². The van der Waals surface area contributed by atoms with Crippen molar-refractivity contribution in [2.45, 2.75) is 33.3 Å². The Hall–Kier alpha value is -4.27. The number of nitrogens with one attached hydrogen (secondary N) is 2. The van der Waals surface area contributed by atoms with Crippen molar-refractivity contribution >= 4 is 56.2 Å². The Bertz CT molecular complexity index is 1890. The van der Waals surface area contributed by atoms with Crippen LogP contribution in [-0.2, 0) is 14.9 Å².